The average molecular weight is 442 g/mol. The maximum Gasteiger partial charge on any atom is 0.340 e. The Kier molecular flexibility index (Phi) is 6.80. The number of methoxy groups -OCH3 is 1. The maximum absolute atomic E-state index is 15.7. The molecule has 32 heavy (non-hydrogen) atoms. The zero-order valence-corrected chi connectivity index (χ0v) is 16.8. The van der Waals surface area contributed by atoms with Crippen LogP contribution in [0.2, 0.25) is 0 Å². The molecular formula is C21H19FN4O6. The van der Waals surface area contributed by atoms with Crippen molar-refractivity contribution in [3.8, 4) is 0 Å². The third-order valence-corrected chi connectivity index (χ3v) is 4.52. The van der Waals surface area contributed by atoms with Gasteiger partial charge in [0, 0.05) is 11.8 Å². The highest BCUT2D eigenvalue weighted by Gasteiger charge is 2.32. The van der Waals surface area contributed by atoms with E-state index in [0.717, 1.165) is 18.1 Å². The molecule has 10 nitrogen and oxygen atoms in total. The number of ether oxygens (including phenoxy) is 1. The van der Waals surface area contributed by atoms with E-state index in [1.165, 1.54) is 6.07 Å². The predicted molar refractivity (Wildman–Crippen MR) is 113 cm³/mol. The van der Waals surface area contributed by atoms with Gasteiger partial charge in [-0.15, -0.1) is 0 Å². The van der Waals surface area contributed by atoms with Crippen molar-refractivity contribution in [2.75, 3.05) is 36.2 Å². The van der Waals surface area contributed by atoms with Gasteiger partial charge in [-0.05, 0) is 18.2 Å². The van der Waals surface area contributed by atoms with E-state index in [-0.39, 0.29) is 41.3 Å². The number of benzene rings is 2. The fourth-order valence-electron chi connectivity index (χ4n) is 3.05. The molecule has 1 heterocycles. The van der Waals surface area contributed by atoms with Crippen LogP contribution in [-0.4, -0.2) is 54.5 Å². The van der Waals surface area contributed by atoms with Crippen LogP contribution >= 0.6 is 0 Å². The van der Waals surface area contributed by atoms with Gasteiger partial charge in [-0.2, -0.15) is 0 Å². The van der Waals surface area contributed by atoms with Crippen LogP contribution in [0.15, 0.2) is 48.2 Å². The van der Waals surface area contributed by atoms with Gasteiger partial charge in [-0.3, -0.25) is 19.3 Å². The highest BCUT2D eigenvalue weighted by Crippen LogP contribution is 2.37. The number of nitrogens with zero attached hydrogens (tertiary/aromatic N) is 1. The SMILES string of the molecule is COC(=O)c1cc(NC=O)c(NC2=CC(=O)N(CCO)C2=O)c(F)c1Nc1ccccc1. The van der Waals surface area contributed by atoms with Crippen molar-refractivity contribution in [2.45, 2.75) is 0 Å². The number of hydrogen-bond donors (Lipinski definition) is 4. The van der Waals surface area contributed by atoms with Crippen LogP contribution < -0.4 is 16.0 Å². The van der Waals surface area contributed by atoms with E-state index >= 15 is 4.39 Å². The summed E-state index contributed by atoms with van der Waals surface area (Å²) in [5.74, 6) is -3.35. The van der Waals surface area contributed by atoms with Gasteiger partial charge in [0.05, 0.1) is 37.2 Å². The monoisotopic (exact) mass is 442 g/mol. The first-order valence-corrected chi connectivity index (χ1v) is 9.33. The lowest BCUT2D eigenvalue weighted by molar-refractivity contribution is -0.137. The second-order valence-corrected chi connectivity index (χ2v) is 6.48. The summed E-state index contributed by atoms with van der Waals surface area (Å²) < 4.78 is 20.4. The Bertz CT molecular complexity index is 1100. The fourth-order valence-corrected chi connectivity index (χ4v) is 3.05. The van der Waals surface area contributed by atoms with Crippen LogP contribution in [0.25, 0.3) is 0 Å². The second kappa shape index (κ2) is 9.71. The van der Waals surface area contributed by atoms with Crippen LogP contribution in [-0.2, 0) is 19.1 Å². The number of carbonyl (C=O) groups excluding carboxylic acids is 4. The summed E-state index contributed by atoms with van der Waals surface area (Å²) in [6.45, 7) is -0.673. The second-order valence-electron chi connectivity index (χ2n) is 6.48. The Morgan fingerprint density at radius 2 is 1.91 bits per heavy atom. The van der Waals surface area contributed by atoms with Gasteiger partial charge < -0.3 is 25.8 Å². The van der Waals surface area contributed by atoms with Gasteiger partial charge in [0.1, 0.15) is 11.4 Å². The summed E-state index contributed by atoms with van der Waals surface area (Å²) >= 11 is 0. The molecule has 3 rings (SSSR count). The van der Waals surface area contributed by atoms with E-state index < -0.39 is 30.2 Å². The van der Waals surface area contributed by atoms with E-state index in [1.54, 1.807) is 30.3 Å². The third kappa shape index (κ3) is 4.42. The molecule has 2 aromatic carbocycles. The largest absolute Gasteiger partial charge is 0.465 e. The highest BCUT2D eigenvalue weighted by atomic mass is 19.1. The summed E-state index contributed by atoms with van der Waals surface area (Å²) in [6.07, 6.45) is 1.21. The fraction of sp³-hybridized carbons (Fsp3) is 0.143. The maximum atomic E-state index is 15.7. The minimum atomic E-state index is -1.01. The summed E-state index contributed by atoms with van der Waals surface area (Å²) in [5.41, 5.74) is -0.827. The van der Waals surface area contributed by atoms with E-state index in [9.17, 15) is 19.2 Å². The molecule has 1 aliphatic rings. The molecule has 1 aliphatic heterocycles. The Morgan fingerprint density at radius 3 is 2.53 bits per heavy atom. The number of para-hydroxylation sites is 1. The molecule has 166 valence electrons. The molecule has 0 saturated carbocycles. The zero-order valence-electron chi connectivity index (χ0n) is 16.8. The molecule has 0 aromatic heterocycles. The van der Waals surface area contributed by atoms with E-state index in [2.05, 4.69) is 16.0 Å². The first-order chi connectivity index (χ1) is 15.4. The number of aliphatic hydroxyl groups is 1. The lowest BCUT2D eigenvalue weighted by Gasteiger charge is -2.19. The molecule has 4 N–H and O–H groups in total. The number of esters is 1. The average Bonchev–Trinajstić information content (AvgIpc) is 3.06. The Hall–Kier alpha value is -4.25. The summed E-state index contributed by atoms with van der Waals surface area (Å²) in [7, 11) is 1.12. The number of imide groups is 1. The van der Waals surface area contributed by atoms with Crippen LogP contribution in [0.5, 0.6) is 0 Å². The molecule has 0 atom stereocenters. The van der Waals surface area contributed by atoms with Crippen LogP contribution in [0.3, 0.4) is 0 Å². The number of carbonyl (C=O) groups is 4. The molecule has 0 saturated heterocycles. The van der Waals surface area contributed by atoms with Gasteiger partial charge in [0.15, 0.2) is 5.82 Å². The molecule has 0 bridgehead atoms. The summed E-state index contributed by atoms with van der Waals surface area (Å²) in [6, 6.07) is 9.59. The lowest BCUT2D eigenvalue weighted by Crippen LogP contribution is -2.34. The number of nitrogens with one attached hydrogen (secondary N) is 3. The Morgan fingerprint density at radius 1 is 1.19 bits per heavy atom. The topological polar surface area (TPSA) is 137 Å². The number of anilines is 4. The molecule has 2 aromatic rings. The van der Waals surface area contributed by atoms with Gasteiger partial charge in [-0.25, -0.2) is 9.18 Å². The first-order valence-electron chi connectivity index (χ1n) is 9.33. The van der Waals surface area contributed by atoms with E-state index in [4.69, 9.17) is 9.84 Å². The number of β-amino-alcohol motifs (C(OH)–C–C–N with tert-alkyl or cyclic N) is 1. The van der Waals surface area contributed by atoms with Crippen molar-refractivity contribution in [3.63, 3.8) is 0 Å². The molecular weight excluding hydrogens is 423 g/mol. The molecule has 0 unspecified atom stereocenters. The smallest absolute Gasteiger partial charge is 0.340 e. The van der Waals surface area contributed by atoms with Crippen LogP contribution in [0.1, 0.15) is 10.4 Å². The van der Waals surface area contributed by atoms with Crippen molar-refractivity contribution in [1.29, 1.82) is 0 Å². The molecule has 3 amide bonds. The van der Waals surface area contributed by atoms with Gasteiger partial charge in [0.25, 0.3) is 11.8 Å². The molecule has 0 radical (unpaired) electrons. The Labute approximate surface area is 181 Å². The van der Waals surface area contributed by atoms with Crippen molar-refractivity contribution in [1.82, 2.24) is 4.90 Å². The number of aliphatic hydroxyl groups excluding tert-OH is 1. The van der Waals surface area contributed by atoms with Gasteiger partial charge in [0.2, 0.25) is 6.41 Å². The third-order valence-electron chi connectivity index (χ3n) is 4.52. The summed E-state index contributed by atoms with van der Waals surface area (Å²) in [4.78, 5) is 48.6. The van der Waals surface area contributed by atoms with Gasteiger partial charge in [-0.1, -0.05) is 18.2 Å². The number of amides is 3. The minimum absolute atomic E-state index is 0.168. The van der Waals surface area contributed by atoms with E-state index in [1.807, 2.05) is 0 Å². The Balaban J connectivity index is 2.10. The van der Waals surface area contributed by atoms with Crippen molar-refractivity contribution < 1.29 is 33.4 Å². The molecule has 11 heteroatoms. The number of halogens is 1. The molecule has 0 fully saturated rings. The quantitative estimate of drug-likeness (QED) is 0.261. The minimum Gasteiger partial charge on any atom is -0.465 e. The molecule has 0 aliphatic carbocycles. The van der Waals surface area contributed by atoms with Crippen LogP contribution in [0.4, 0.5) is 27.1 Å². The zero-order chi connectivity index (χ0) is 23.3. The standard InChI is InChI=1S/C21H19FN4O6/c1-32-21(31)13-9-14(23-11-28)19(17(22)18(13)24-12-5-3-2-4-6-12)25-15-10-16(29)26(7-8-27)20(15)30/h2-6,9-11,24-25,27H,7-8H2,1H3,(H,23,28). The summed E-state index contributed by atoms with van der Waals surface area (Å²) in [5, 5.41) is 16.6. The lowest BCUT2D eigenvalue weighted by atomic mass is 10.1. The highest BCUT2D eigenvalue weighted by molar-refractivity contribution is 6.18. The van der Waals surface area contributed by atoms with Crippen molar-refractivity contribution in [2.24, 2.45) is 0 Å². The van der Waals surface area contributed by atoms with Crippen LogP contribution in [0, 0.1) is 5.82 Å². The van der Waals surface area contributed by atoms with E-state index in [0.29, 0.717) is 5.69 Å². The predicted octanol–water partition coefficient (Wildman–Crippen LogP) is 1.58. The normalized spacial score (nSPS) is 13.0. The first kappa shape index (κ1) is 22.4. The number of hydrogen-bond acceptors (Lipinski definition) is 8. The van der Waals surface area contributed by atoms with Gasteiger partial charge >= 0.3 is 5.97 Å². The van der Waals surface area contributed by atoms with Crippen molar-refractivity contribution in [3.05, 3.63) is 59.6 Å². The van der Waals surface area contributed by atoms with Crippen molar-refractivity contribution >= 4 is 46.9 Å². The number of rotatable bonds is 9. The molecule has 0 spiro atoms.